The van der Waals surface area contributed by atoms with Gasteiger partial charge in [0.15, 0.2) is 0 Å². The number of aliphatic imine (C=N–C) groups is 1. The number of nitrogens with one attached hydrogen (secondary N) is 2. The molecule has 2 aromatic rings. The molecule has 0 unspecified atom stereocenters. The van der Waals surface area contributed by atoms with Crippen LogP contribution < -0.4 is 5.69 Å². The van der Waals surface area contributed by atoms with E-state index in [1.807, 2.05) is 0 Å². The molecule has 0 atom stereocenters. The largest absolute Gasteiger partial charge is 0.323 e. The van der Waals surface area contributed by atoms with E-state index in [0.717, 1.165) is 11.0 Å². The van der Waals surface area contributed by atoms with Crippen LogP contribution in [0.1, 0.15) is 0 Å². The van der Waals surface area contributed by atoms with E-state index in [9.17, 15) is 4.79 Å². The molecule has 2 N–H and O–H groups in total. The molecule has 4 nitrogen and oxygen atoms in total. The zero-order valence-corrected chi connectivity index (χ0v) is 7.31. The van der Waals surface area contributed by atoms with Crippen LogP contribution in [0.25, 0.3) is 11.0 Å². The second kappa shape index (κ2) is 2.97. The van der Waals surface area contributed by atoms with E-state index in [4.69, 9.17) is 0 Å². The maximum Gasteiger partial charge on any atom is 0.323 e. The lowest BCUT2D eigenvalue weighted by Crippen LogP contribution is -1.99. The molecule has 13 heavy (non-hydrogen) atoms. The molecular formula is C8H5N3OS. The number of thiocarbonyl (C=S) groups is 1. The summed E-state index contributed by atoms with van der Waals surface area (Å²) in [5.41, 5.74) is 1.93. The van der Waals surface area contributed by atoms with Gasteiger partial charge < -0.3 is 9.97 Å². The van der Waals surface area contributed by atoms with Crippen molar-refractivity contribution in [3.63, 3.8) is 0 Å². The normalized spacial score (nSPS) is 9.85. The Morgan fingerprint density at radius 2 is 2.08 bits per heavy atom. The van der Waals surface area contributed by atoms with Crippen molar-refractivity contribution in [2.24, 2.45) is 4.99 Å². The van der Waals surface area contributed by atoms with E-state index in [2.05, 4.69) is 32.3 Å². The van der Waals surface area contributed by atoms with Crippen molar-refractivity contribution in [2.45, 2.75) is 0 Å². The van der Waals surface area contributed by atoms with E-state index in [0.29, 0.717) is 5.69 Å². The number of H-pyrrole nitrogens is 2. The van der Waals surface area contributed by atoms with Crippen LogP contribution in [-0.2, 0) is 0 Å². The van der Waals surface area contributed by atoms with Gasteiger partial charge in [-0.15, -0.1) is 0 Å². The number of isothiocyanates is 1. The van der Waals surface area contributed by atoms with Crippen molar-refractivity contribution in [2.75, 3.05) is 0 Å². The summed E-state index contributed by atoms with van der Waals surface area (Å²) in [4.78, 5) is 19.9. The van der Waals surface area contributed by atoms with Gasteiger partial charge in [0.1, 0.15) is 0 Å². The Bertz CT molecular complexity index is 548. The van der Waals surface area contributed by atoms with Crippen LogP contribution in [0, 0.1) is 0 Å². The van der Waals surface area contributed by atoms with Crippen molar-refractivity contribution in [1.82, 2.24) is 9.97 Å². The molecule has 0 saturated heterocycles. The summed E-state index contributed by atoms with van der Waals surface area (Å²) in [6, 6.07) is 5.25. The standard InChI is InChI=1S/C8H5N3OS/c12-8-10-6-2-1-5(9-4-13)3-7(6)11-8/h1-3H,(H2,10,11,12). The lowest BCUT2D eigenvalue weighted by atomic mass is 10.3. The van der Waals surface area contributed by atoms with Crippen molar-refractivity contribution < 1.29 is 0 Å². The van der Waals surface area contributed by atoms with E-state index in [-0.39, 0.29) is 5.69 Å². The van der Waals surface area contributed by atoms with Gasteiger partial charge in [-0.3, -0.25) is 0 Å². The van der Waals surface area contributed by atoms with Crippen LogP contribution in [0.3, 0.4) is 0 Å². The van der Waals surface area contributed by atoms with Gasteiger partial charge in [0.2, 0.25) is 0 Å². The second-order valence-corrected chi connectivity index (χ2v) is 2.69. The summed E-state index contributed by atoms with van der Waals surface area (Å²) in [5.74, 6) is 0. The van der Waals surface area contributed by atoms with Gasteiger partial charge in [-0.05, 0) is 30.4 Å². The molecule has 0 aliphatic carbocycles. The molecule has 0 radical (unpaired) electrons. The molecule has 0 spiro atoms. The first-order valence-electron chi connectivity index (χ1n) is 3.59. The highest BCUT2D eigenvalue weighted by Crippen LogP contribution is 2.16. The highest BCUT2D eigenvalue weighted by atomic mass is 32.1. The zero-order chi connectivity index (χ0) is 9.26. The first kappa shape index (κ1) is 7.91. The topological polar surface area (TPSA) is 61.0 Å². The van der Waals surface area contributed by atoms with E-state index < -0.39 is 0 Å². The number of benzene rings is 1. The van der Waals surface area contributed by atoms with E-state index in [1.54, 1.807) is 18.2 Å². The molecule has 0 saturated carbocycles. The lowest BCUT2D eigenvalue weighted by molar-refractivity contribution is 1.21. The summed E-state index contributed by atoms with van der Waals surface area (Å²) >= 11 is 4.47. The molecule has 0 aliphatic heterocycles. The quantitative estimate of drug-likeness (QED) is 0.531. The van der Waals surface area contributed by atoms with Gasteiger partial charge in [-0.25, -0.2) is 4.79 Å². The molecule has 64 valence electrons. The zero-order valence-electron chi connectivity index (χ0n) is 6.50. The van der Waals surface area contributed by atoms with Gasteiger partial charge in [-0.1, -0.05) is 0 Å². The fourth-order valence-corrected chi connectivity index (χ4v) is 1.25. The fraction of sp³-hybridized carbons (Fsp3) is 0. The fourth-order valence-electron chi connectivity index (χ4n) is 1.14. The van der Waals surface area contributed by atoms with Crippen molar-refractivity contribution in [3.8, 4) is 0 Å². The molecule has 1 aromatic heterocycles. The molecule has 5 heteroatoms. The maximum absolute atomic E-state index is 10.9. The minimum atomic E-state index is -0.224. The van der Waals surface area contributed by atoms with Gasteiger partial charge in [0.25, 0.3) is 0 Å². The number of hydrogen-bond acceptors (Lipinski definition) is 3. The molecule has 0 aliphatic rings. The molecule has 1 heterocycles. The summed E-state index contributed by atoms with van der Waals surface area (Å²) in [6.45, 7) is 0. The Balaban J connectivity index is 2.74. The van der Waals surface area contributed by atoms with Gasteiger partial charge in [0, 0.05) is 0 Å². The third kappa shape index (κ3) is 1.42. The maximum atomic E-state index is 10.9. The van der Waals surface area contributed by atoms with Crippen LogP contribution in [-0.4, -0.2) is 15.1 Å². The Morgan fingerprint density at radius 1 is 1.31 bits per heavy atom. The Morgan fingerprint density at radius 3 is 2.85 bits per heavy atom. The highest BCUT2D eigenvalue weighted by Gasteiger charge is 1.97. The Kier molecular flexibility index (Phi) is 1.81. The van der Waals surface area contributed by atoms with E-state index in [1.165, 1.54) is 0 Å². The third-order valence-electron chi connectivity index (χ3n) is 1.67. The van der Waals surface area contributed by atoms with Crippen LogP contribution in [0.2, 0.25) is 0 Å². The van der Waals surface area contributed by atoms with Crippen molar-refractivity contribution >= 4 is 34.1 Å². The molecule has 2 rings (SSSR count). The average Bonchev–Trinajstić information content (AvgIpc) is 2.44. The van der Waals surface area contributed by atoms with Gasteiger partial charge in [-0.2, -0.15) is 4.99 Å². The van der Waals surface area contributed by atoms with Crippen LogP contribution in [0.5, 0.6) is 0 Å². The lowest BCUT2D eigenvalue weighted by Gasteiger charge is -1.89. The number of fused-ring (bicyclic) bond motifs is 1. The molecule has 0 fully saturated rings. The van der Waals surface area contributed by atoms with Crippen molar-refractivity contribution in [1.29, 1.82) is 0 Å². The molecule has 1 aromatic carbocycles. The van der Waals surface area contributed by atoms with Crippen molar-refractivity contribution in [3.05, 3.63) is 28.7 Å². The average molecular weight is 191 g/mol. The molecule has 0 amide bonds. The van der Waals surface area contributed by atoms with Crippen LogP contribution >= 0.6 is 12.2 Å². The first-order valence-corrected chi connectivity index (χ1v) is 4.00. The van der Waals surface area contributed by atoms with Gasteiger partial charge >= 0.3 is 5.69 Å². The summed E-state index contributed by atoms with van der Waals surface area (Å²) in [7, 11) is 0. The van der Waals surface area contributed by atoms with Crippen LogP contribution in [0.4, 0.5) is 5.69 Å². The number of aromatic amines is 2. The van der Waals surface area contributed by atoms with Crippen LogP contribution in [0.15, 0.2) is 28.0 Å². The number of aromatic nitrogens is 2. The monoisotopic (exact) mass is 191 g/mol. The Labute approximate surface area is 78.3 Å². The minimum Gasteiger partial charge on any atom is -0.306 e. The summed E-state index contributed by atoms with van der Waals surface area (Å²) in [5, 5.41) is 2.26. The Hall–Kier alpha value is -1.71. The molecule has 0 bridgehead atoms. The first-order chi connectivity index (χ1) is 6.29. The predicted molar refractivity (Wildman–Crippen MR) is 53.6 cm³/mol. The number of nitrogens with zero attached hydrogens (tertiary/aromatic N) is 1. The number of rotatable bonds is 1. The second-order valence-electron chi connectivity index (χ2n) is 2.51. The SMILES string of the molecule is O=c1[nH]c2ccc(N=C=S)cc2[nH]1. The minimum absolute atomic E-state index is 0.224. The summed E-state index contributed by atoms with van der Waals surface area (Å²) < 4.78 is 0. The predicted octanol–water partition coefficient (Wildman–Crippen LogP) is 1.59. The summed E-state index contributed by atoms with van der Waals surface area (Å²) in [6.07, 6.45) is 0. The number of imidazole rings is 1. The smallest absolute Gasteiger partial charge is 0.306 e. The third-order valence-corrected chi connectivity index (χ3v) is 1.77. The highest BCUT2D eigenvalue weighted by molar-refractivity contribution is 7.78. The van der Waals surface area contributed by atoms with Gasteiger partial charge in [0.05, 0.1) is 21.9 Å². The molecular weight excluding hydrogens is 186 g/mol. The van der Waals surface area contributed by atoms with E-state index >= 15 is 0 Å². The number of hydrogen-bond donors (Lipinski definition) is 2.